The summed E-state index contributed by atoms with van der Waals surface area (Å²) in [6.45, 7) is -0.416. The fourth-order valence-electron chi connectivity index (χ4n) is 1.70. The van der Waals surface area contributed by atoms with Crippen molar-refractivity contribution in [2.75, 3.05) is 11.9 Å². The van der Waals surface area contributed by atoms with Crippen LogP contribution in [-0.4, -0.2) is 18.5 Å². The molecule has 0 fully saturated rings. The Kier molecular flexibility index (Phi) is 6.20. The molecule has 6 heteroatoms. The van der Waals surface area contributed by atoms with Gasteiger partial charge < -0.3 is 10.1 Å². The minimum Gasteiger partial charge on any atom is -0.452 e. The van der Waals surface area contributed by atoms with Gasteiger partial charge in [-0.2, -0.15) is 0 Å². The number of ether oxygens (including phenoxy) is 1. The molecule has 0 saturated carbocycles. The second-order valence-corrected chi connectivity index (χ2v) is 5.29. The number of hydrogen-bond acceptors (Lipinski definition) is 3. The number of halogens is 2. The minimum absolute atomic E-state index is 0.234. The molecular formula is C17H13Cl2NO3. The van der Waals surface area contributed by atoms with Crippen LogP contribution in [0, 0.1) is 0 Å². The lowest BCUT2D eigenvalue weighted by atomic mass is 10.2. The predicted octanol–water partition coefficient (Wildman–Crippen LogP) is 4.19. The first kappa shape index (κ1) is 17.1. The first-order chi connectivity index (χ1) is 11.1. The number of rotatable bonds is 5. The Bertz CT molecular complexity index is 730. The van der Waals surface area contributed by atoms with Crippen molar-refractivity contribution in [2.45, 2.75) is 0 Å². The number of nitrogens with one attached hydrogen (secondary N) is 1. The molecule has 2 aromatic rings. The lowest BCUT2D eigenvalue weighted by Crippen LogP contribution is -2.20. The summed E-state index contributed by atoms with van der Waals surface area (Å²) in [7, 11) is 0. The summed E-state index contributed by atoms with van der Waals surface area (Å²) in [5, 5.41) is 3.08. The highest BCUT2D eigenvalue weighted by molar-refractivity contribution is 6.44. The molecule has 1 amide bonds. The predicted molar refractivity (Wildman–Crippen MR) is 91.5 cm³/mol. The van der Waals surface area contributed by atoms with Crippen molar-refractivity contribution >= 4 is 46.8 Å². The van der Waals surface area contributed by atoms with E-state index in [2.05, 4.69) is 5.32 Å². The van der Waals surface area contributed by atoms with Crippen LogP contribution >= 0.6 is 23.2 Å². The van der Waals surface area contributed by atoms with Crippen molar-refractivity contribution in [1.82, 2.24) is 0 Å². The molecular weight excluding hydrogens is 337 g/mol. The second-order valence-electron chi connectivity index (χ2n) is 4.50. The topological polar surface area (TPSA) is 55.4 Å². The van der Waals surface area contributed by atoms with E-state index in [1.54, 1.807) is 24.3 Å². The minimum atomic E-state index is -0.610. The molecule has 1 N–H and O–H groups in total. The van der Waals surface area contributed by atoms with Gasteiger partial charge >= 0.3 is 5.97 Å². The maximum absolute atomic E-state index is 11.7. The number of anilines is 1. The average Bonchev–Trinajstić information content (AvgIpc) is 2.56. The number of hydrogen-bond donors (Lipinski definition) is 1. The molecule has 118 valence electrons. The Labute approximate surface area is 143 Å². The molecule has 0 atom stereocenters. The molecule has 0 aliphatic rings. The number of carbonyl (C=O) groups excluding carboxylic acids is 2. The van der Waals surface area contributed by atoms with Crippen LogP contribution in [0.15, 0.2) is 54.6 Å². The summed E-state index contributed by atoms with van der Waals surface area (Å²) in [5.74, 6) is -1.11. The molecule has 0 spiro atoms. The molecule has 0 aliphatic heterocycles. The van der Waals surface area contributed by atoms with Gasteiger partial charge in [-0.1, -0.05) is 59.6 Å². The zero-order valence-corrected chi connectivity index (χ0v) is 13.5. The summed E-state index contributed by atoms with van der Waals surface area (Å²) in [6.07, 6.45) is 2.86. The quantitative estimate of drug-likeness (QED) is 0.650. The van der Waals surface area contributed by atoms with Crippen molar-refractivity contribution in [1.29, 1.82) is 0 Å². The van der Waals surface area contributed by atoms with Crippen LogP contribution in [0.4, 0.5) is 5.69 Å². The summed E-state index contributed by atoms with van der Waals surface area (Å²) in [6, 6.07) is 14.1. The molecule has 2 rings (SSSR count). The van der Waals surface area contributed by atoms with Crippen LogP contribution < -0.4 is 5.32 Å². The number of esters is 1. The van der Waals surface area contributed by atoms with Crippen LogP contribution in [0.3, 0.4) is 0 Å². The van der Waals surface area contributed by atoms with Gasteiger partial charge in [0.25, 0.3) is 5.91 Å². The Morgan fingerprint density at radius 3 is 2.52 bits per heavy atom. The van der Waals surface area contributed by atoms with Crippen molar-refractivity contribution in [3.63, 3.8) is 0 Å². The van der Waals surface area contributed by atoms with E-state index in [0.29, 0.717) is 10.7 Å². The van der Waals surface area contributed by atoms with Crippen LogP contribution in [-0.2, 0) is 14.3 Å². The molecule has 0 bridgehead atoms. The molecule has 0 heterocycles. The smallest absolute Gasteiger partial charge is 0.331 e. The molecule has 0 aliphatic carbocycles. The van der Waals surface area contributed by atoms with E-state index in [4.69, 9.17) is 27.9 Å². The Morgan fingerprint density at radius 2 is 1.78 bits per heavy atom. The van der Waals surface area contributed by atoms with E-state index in [0.717, 1.165) is 5.56 Å². The maximum Gasteiger partial charge on any atom is 0.331 e. The highest BCUT2D eigenvalue weighted by atomic mass is 35.5. The number of amides is 1. The zero-order valence-electron chi connectivity index (χ0n) is 12.0. The van der Waals surface area contributed by atoms with E-state index in [1.165, 1.54) is 6.08 Å². The molecule has 0 saturated heterocycles. The van der Waals surface area contributed by atoms with Crippen LogP contribution in [0.25, 0.3) is 6.08 Å². The van der Waals surface area contributed by atoms with Crippen LogP contribution in [0.1, 0.15) is 5.56 Å². The Balaban J connectivity index is 1.83. The summed E-state index contributed by atoms with van der Waals surface area (Å²) >= 11 is 11.8. The highest BCUT2D eigenvalue weighted by Gasteiger charge is 2.09. The van der Waals surface area contributed by atoms with Crippen LogP contribution in [0.2, 0.25) is 10.0 Å². The van der Waals surface area contributed by atoms with Gasteiger partial charge in [-0.05, 0) is 23.8 Å². The molecule has 0 unspecified atom stereocenters. The number of carbonyl (C=O) groups is 2. The summed E-state index contributed by atoms with van der Waals surface area (Å²) in [4.78, 5) is 23.3. The number of benzene rings is 2. The largest absolute Gasteiger partial charge is 0.452 e. The van der Waals surface area contributed by atoms with E-state index in [1.807, 2.05) is 30.3 Å². The van der Waals surface area contributed by atoms with Gasteiger partial charge in [0.2, 0.25) is 0 Å². The SMILES string of the molecule is O=C(COC(=O)C=Cc1ccccc1)Nc1cccc(Cl)c1Cl. The highest BCUT2D eigenvalue weighted by Crippen LogP contribution is 2.29. The second kappa shape index (κ2) is 8.36. The van der Waals surface area contributed by atoms with Gasteiger partial charge in [-0.25, -0.2) is 4.79 Å². The van der Waals surface area contributed by atoms with E-state index in [-0.39, 0.29) is 5.02 Å². The van der Waals surface area contributed by atoms with Gasteiger partial charge in [0.05, 0.1) is 15.7 Å². The third kappa shape index (κ3) is 5.43. The van der Waals surface area contributed by atoms with Crippen molar-refractivity contribution in [2.24, 2.45) is 0 Å². The van der Waals surface area contributed by atoms with E-state index >= 15 is 0 Å². The van der Waals surface area contributed by atoms with Gasteiger partial charge in [-0.15, -0.1) is 0 Å². The Morgan fingerprint density at radius 1 is 1.04 bits per heavy atom. The average molecular weight is 350 g/mol. The standard InChI is InChI=1S/C17H13Cl2NO3/c18-13-7-4-8-14(17(13)19)20-15(21)11-23-16(22)10-9-12-5-2-1-3-6-12/h1-10H,11H2,(H,20,21). The maximum atomic E-state index is 11.7. The van der Waals surface area contributed by atoms with Gasteiger partial charge in [0.15, 0.2) is 6.61 Å². The molecule has 4 nitrogen and oxygen atoms in total. The van der Waals surface area contributed by atoms with Gasteiger partial charge in [0.1, 0.15) is 0 Å². The van der Waals surface area contributed by atoms with Crippen molar-refractivity contribution in [3.8, 4) is 0 Å². The third-order valence-corrected chi connectivity index (χ3v) is 3.60. The lowest BCUT2D eigenvalue weighted by molar-refractivity contribution is -0.142. The lowest BCUT2D eigenvalue weighted by Gasteiger charge is -2.08. The fourth-order valence-corrected chi connectivity index (χ4v) is 2.05. The summed E-state index contributed by atoms with van der Waals surface area (Å²) in [5.41, 5.74) is 1.22. The first-order valence-electron chi connectivity index (χ1n) is 6.70. The summed E-state index contributed by atoms with van der Waals surface area (Å²) < 4.78 is 4.85. The molecule has 2 aromatic carbocycles. The Hall–Kier alpha value is -2.30. The molecule has 0 aromatic heterocycles. The van der Waals surface area contributed by atoms with E-state index < -0.39 is 18.5 Å². The van der Waals surface area contributed by atoms with Gasteiger partial charge in [0, 0.05) is 6.08 Å². The third-order valence-electron chi connectivity index (χ3n) is 2.78. The fraction of sp³-hybridized carbons (Fsp3) is 0.0588. The molecule has 0 radical (unpaired) electrons. The zero-order chi connectivity index (χ0) is 16.7. The first-order valence-corrected chi connectivity index (χ1v) is 7.45. The monoisotopic (exact) mass is 349 g/mol. The van der Waals surface area contributed by atoms with Crippen molar-refractivity contribution in [3.05, 3.63) is 70.2 Å². The van der Waals surface area contributed by atoms with Gasteiger partial charge in [-0.3, -0.25) is 4.79 Å². The van der Waals surface area contributed by atoms with Crippen LogP contribution in [0.5, 0.6) is 0 Å². The van der Waals surface area contributed by atoms with E-state index in [9.17, 15) is 9.59 Å². The van der Waals surface area contributed by atoms with Crippen molar-refractivity contribution < 1.29 is 14.3 Å². The normalized spacial score (nSPS) is 10.5. The molecule has 23 heavy (non-hydrogen) atoms.